The molecule has 130 valence electrons. The van der Waals surface area contributed by atoms with Crippen LogP contribution >= 0.6 is 24.0 Å². The summed E-state index contributed by atoms with van der Waals surface area (Å²) in [7, 11) is 0. The molecule has 2 N–H and O–H groups in total. The van der Waals surface area contributed by atoms with E-state index < -0.39 is 6.10 Å². The summed E-state index contributed by atoms with van der Waals surface area (Å²) in [5.41, 5.74) is 6.99. The zero-order valence-corrected chi connectivity index (χ0v) is 15.7. The highest BCUT2D eigenvalue weighted by atomic mass is 35.5. The van der Waals surface area contributed by atoms with Gasteiger partial charge in [-0.2, -0.15) is 0 Å². The summed E-state index contributed by atoms with van der Waals surface area (Å²) in [4.78, 5) is 14.5. The summed E-state index contributed by atoms with van der Waals surface area (Å²) in [6.45, 7) is 9.27. The van der Waals surface area contributed by atoms with Crippen LogP contribution in [0.1, 0.15) is 32.8 Å². The minimum absolute atomic E-state index is 0. The molecule has 4 nitrogen and oxygen atoms in total. The molecule has 1 aromatic carbocycles. The van der Waals surface area contributed by atoms with Gasteiger partial charge in [0.25, 0.3) is 5.91 Å². The van der Waals surface area contributed by atoms with E-state index in [2.05, 4.69) is 13.8 Å². The lowest BCUT2D eigenvalue weighted by Gasteiger charge is -2.43. The van der Waals surface area contributed by atoms with Gasteiger partial charge in [-0.3, -0.25) is 4.79 Å². The lowest BCUT2D eigenvalue weighted by molar-refractivity contribution is -0.141. The standard InChI is InChI=1S/C17H25ClN2O2.ClH/c1-11-9-13(18)5-6-14(11)22-12(2)16(21)20-8-7-15(19)17(3,4)10-20;/h5-6,9,12,15H,7-8,10,19H2,1-4H3;1H. The number of benzene rings is 1. The molecule has 0 aliphatic carbocycles. The molecule has 1 aliphatic heterocycles. The van der Waals surface area contributed by atoms with Crippen molar-refractivity contribution in [3.63, 3.8) is 0 Å². The van der Waals surface area contributed by atoms with Crippen molar-refractivity contribution >= 4 is 29.9 Å². The fourth-order valence-electron chi connectivity index (χ4n) is 2.81. The molecule has 0 aromatic heterocycles. The lowest BCUT2D eigenvalue weighted by Crippen LogP contribution is -2.56. The fourth-order valence-corrected chi connectivity index (χ4v) is 3.03. The summed E-state index contributed by atoms with van der Waals surface area (Å²) >= 11 is 5.94. The number of halogens is 2. The molecule has 6 heteroatoms. The van der Waals surface area contributed by atoms with Crippen molar-refractivity contribution in [1.82, 2.24) is 4.90 Å². The lowest BCUT2D eigenvalue weighted by atomic mass is 9.79. The highest BCUT2D eigenvalue weighted by Gasteiger charge is 2.36. The van der Waals surface area contributed by atoms with E-state index in [9.17, 15) is 4.79 Å². The van der Waals surface area contributed by atoms with Crippen molar-refractivity contribution in [3.8, 4) is 5.75 Å². The number of amides is 1. The molecule has 0 radical (unpaired) electrons. The smallest absolute Gasteiger partial charge is 0.263 e. The van der Waals surface area contributed by atoms with Gasteiger partial charge in [0.1, 0.15) is 5.75 Å². The molecule has 2 atom stereocenters. The van der Waals surface area contributed by atoms with Crippen molar-refractivity contribution in [2.24, 2.45) is 11.1 Å². The second-order valence-electron chi connectivity index (χ2n) is 6.81. The van der Waals surface area contributed by atoms with E-state index in [1.807, 2.05) is 17.9 Å². The highest BCUT2D eigenvalue weighted by Crippen LogP contribution is 2.29. The Bertz CT molecular complexity index is 564. The third-order valence-electron chi connectivity index (χ3n) is 4.41. The molecule has 1 amide bonds. The van der Waals surface area contributed by atoms with Crippen LogP contribution in [-0.4, -0.2) is 36.0 Å². The van der Waals surface area contributed by atoms with Crippen LogP contribution < -0.4 is 10.5 Å². The predicted octanol–water partition coefficient (Wildman–Crippen LogP) is 3.42. The number of piperidine rings is 1. The Labute approximate surface area is 149 Å². The van der Waals surface area contributed by atoms with Gasteiger partial charge in [-0.25, -0.2) is 0 Å². The van der Waals surface area contributed by atoms with Gasteiger partial charge in [0.05, 0.1) is 0 Å². The summed E-state index contributed by atoms with van der Waals surface area (Å²) in [5.74, 6) is 0.701. The molecular weight excluding hydrogens is 335 g/mol. The Kier molecular flexibility index (Phi) is 6.75. The van der Waals surface area contributed by atoms with Crippen LogP contribution in [0.4, 0.5) is 0 Å². The number of nitrogens with zero attached hydrogens (tertiary/aromatic N) is 1. The maximum Gasteiger partial charge on any atom is 0.263 e. The second-order valence-corrected chi connectivity index (χ2v) is 7.25. The number of hydrogen-bond acceptors (Lipinski definition) is 3. The molecule has 1 saturated heterocycles. The van der Waals surface area contributed by atoms with Gasteiger partial charge in [0, 0.05) is 24.2 Å². The number of hydrogen-bond donors (Lipinski definition) is 1. The Hall–Kier alpha value is -0.970. The van der Waals surface area contributed by atoms with Crippen LogP contribution in [-0.2, 0) is 4.79 Å². The normalized spacial score (nSPS) is 21.3. The van der Waals surface area contributed by atoms with Crippen LogP contribution in [0, 0.1) is 12.3 Å². The topological polar surface area (TPSA) is 55.6 Å². The van der Waals surface area contributed by atoms with E-state index in [4.69, 9.17) is 22.1 Å². The summed E-state index contributed by atoms with van der Waals surface area (Å²) in [5, 5.41) is 0.663. The van der Waals surface area contributed by atoms with Crippen LogP contribution in [0.5, 0.6) is 5.75 Å². The number of ether oxygens (including phenoxy) is 1. The van der Waals surface area contributed by atoms with Crippen LogP contribution in [0.2, 0.25) is 5.02 Å². The average Bonchev–Trinajstić information content (AvgIpc) is 2.44. The molecule has 1 aromatic rings. The molecule has 1 aliphatic rings. The third kappa shape index (κ3) is 4.75. The quantitative estimate of drug-likeness (QED) is 0.898. The minimum atomic E-state index is -0.523. The molecule has 1 heterocycles. The zero-order chi connectivity index (χ0) is 16.5. The molecule has 0 spiro atoms. The molecule has 1 fully saturated rings. The number of nitrogens with two attached hydrogens (primary N) is 1. The molecule has 2 unspecified atom stereocenters. The second kappa shape index (κ2) is 7.73. The van der Waals surface area contributed by atoms with Crippen molar-refractivity contribution in [1.29, 1.82) is 0 Å². The van der Waals surface area contributed by atoms with Crippen LogP contribution in [0.15, 0.2) is 18.2 Å². The van der Waals surface area contributed by atoms with Gasteiger partial charge >= 0.3 is 0 Å². The van der Waals surface area contributed by atoms with E-state index in [1.165, 1.54) is 0 Å². The average molecular weight is 361 g/mol. The number of rotatable bonds is 3. The SMILES string of the molecule is Cc1cc(Cl)ccc1OC(C)C(=O)N1CCC(N)C(C)(C)C1.Cl. The third-order valence-corrected chi connectivity index (χ3v) is 4.65. The van der Waals surface area contributed by atoms with Crippen molar-refractivity contribution in [3.05, 3.63) is 28.8 Å². The zero-order valence-electron chi connectivity index (χ0n) is 14.1. The van der Waals surface area contributed by atoms with Gasteiger partial charge in [0.15, 0.2) is 6.10 Å². The van der Waals surface area contributed by atoms with E-state index in [0.717, 1.165) is 12.0 Å². The van der Waals surface area contributed by atoms with E-state index in [1.54, 1.807) is 19.1 Å². The van der Waals surface area contributed by atoms with Crippen molar-refractivity contribution < 1.29 is 9.53 Å². The van der Waals surface area contributed by atoms with Gasteiger partial charge in [-0.15, -0.1) is 12.4 Å². The van der Waals surface area contributed by atoms with Gasteiger partial charge in [-0.05, 0) is 49.4 Å². The molecule has 0 saturated carbocycles. The summed E-state index contributed by atoms with van der Waals surface area (Å²) in [6.07, 6.45) is 0.302. The molecular formula is C17H26Cl2N2O2. The number of aryl methyl sites for hydroxylation is 1. The van der Waals surface area contributed by atoms with Crippen molar-refractivity contribution in [2.75, 3.05) is 13.1 Å². The van der Waals surface area contributed by atoms with E-state index in [0.29, 0.717) is 23.9 Å². The van der Waals surface area contributed by atoms with Gasteiger partial charge in [0.2, 0.25) is 0 Å². The Morgan fingerprint density at radius 1 is 1.48 bits per heavy atom. The maximum atomic E-state index is 12.6. The first kappa shape index (κ1) is 20.1. The molecule has 2 rings (SSSR count). The van der Waals surface area contributed by atoms with E-state index in [-0.39, 0.29) is 29.8 Å². The summed E-state index contributed by atoms with van der Waals surface area (Å²) < 4.78 is 5.83. The Morgan fingerprint density at radius 3 is 2.70 bits per heavy atom. The Morgan fingerprint density at radius 2 is 2.13 bits per heavy atom. The number of carbonyl (C=O) groups is 1. The van der Waals surface area contributed by atoms with Crippen LogP contribution in [0.25, 0.3) is 0 Å². The largest absolute Gasteiger partial charge is 0.481 e. The molecule has 23 heavy (non-hydrogen) atoms. The first-order valence-electron chi connectivity index (χ1n) is 7.68. The maximum absolute atomic E-state index is 12.6. The Balaban J connectivity index is 0.00000264. The van der Waals surface area contributed by atoms with E-state index >= 15 is 0 Å². The van der Waals surface area contributed by atoms with Crippen molar-refractivity contribution in [2.45, 2.75) is 46.3 Å². The number of carbonyl (C=O) groups excluding carboxylic acids is 1. The van der Waals surface area contributed by atoms with Crippen LogP contribution in [0.3, 0.4) is 0 Å². The highest BCUT2D eigenvalue weighted by molar-refractivity contribution is 6.30. The van der Waals surface area contributed by atoms with Gasteiger partial charge < -0.3 is 15.4 Å². The minimum Gasteiger partial charge on any atom is -0.481 e. The number of likely N-dealkylation sites (tertiary alicyclic amines) is 1. The first-order valence-corrected chi connectivity index (χ1v) is 8.05. The first-order chi connectivity index (χ1) is 10.2. The van der Waals surface area contributed by atoms with Gasteiger partial charge in [-0.1, -0.05) is 25.4 Å². The fraction of sp³-hybridized carbons (Fsp3) is 0.588. The monoisotopic (exact) mass is 360 g/mol. The predicted molar refractivity (Wildman–Crippen MR) is 96.5 cm³/mol. The molecule has 0 bridgehead atoms. The summed E-state index contributed by atoms with van der Waals surface area (Å²) in [6, 6.07) is 5.53.